The molecule has 1 aromatic rings. The fraction of sp³-hybridized carbons (Fsp3) is 0.533. The highest BCUT2D eigenvalue weighted by Crippen LogP contribution is 2.36. The van der Waals surface area contributed by atoms with E-state index in [0.717, 1.165) is 37.2 Å². The summed E-state index contributed by atoms with van der Waals surface area (Å²) in [5.74, 6) is 0.170. The first-order chi connectivity index (χ1) is 9.21. The van der Waals surface area contributed by atoms with Gasteiger partial charge >= 0.3 is 0 Å². The van der Waals surface area contributed by atoms with Crippen LogP contribution in [0, 0.1) is 0 Å². The van der Waals surface area contributed by atoms with Crippen molar-refractivity contribution in [3.63, 3.8) is 0 Å². The molecule has 102 valence electrons. The number of amides is 1. The minimum absolute atomic E-state index is 0.170. The normalized spacial score (nSPS) is 25.3. The smallest absolute Gasteiger partial charge is 0.250 e. The molecule has 19 heavy (non-hydrogen) atoms. The lowest BCUT2D eigenvalue weighted by Crippen LogP contribution is -2.35. The Bertz CT molecular complexity index is 483. The van der Waals surface area contributed by atoms with Gasteiger partial charge in [-0.1, -0.05) is 19.9 Å². The molecule has 1 atom stereocenters. The molecule has 0 saturated carbocycles. The zero-order valence-corrected chi connectivity index (χ0v) is 11.9. The van der Waals surface area contributed by atoms with Crippen molar-refractivity contribution in [2.45, 2.75) is 38.6 Å². The first kappa shape index (κ1) is 13.7. The molecular weight excluding hydrogens is 238 g/mol. The number of rotatable bonds is 1. The number of hydrogen-bond acceptors (Lipinski definition) is 3. The zero-order chi connectivity index (χ0) is 13.9. The van der Waals surface area contributed by atoms with Gasteiger partial charge in [0.15, 0.2) is 0 Å². The molecule has 1 saturated heterocycles. The van der Waals surface area contributed by atoms with E-state index in [1.54, 1.807) is 11.1 Å². The van der Waals surface area contributed by atoms with Crippen molar-refractivity contribution in [2.24, 2.45) is 4.99 Å². The molecule has 3 rings (SSSR count). The molecule has 1 spiro atoms. The van der Waals surface area contributed by atoms with Gasteiger partial charge < -0.3 is 4.90 Å². The van der Waals surface area contributed by atoms with E-state index in [4.69, 9.17) is 0 Å². The van der Waals surface area contributed by atoms with Crippen molar-refractivity contribution in [1.82, 2.24) is 9.88 Å². The number of hydrogen-bond donors (Lipinski definition) is 0. The number of likely N-dealkylation sites (tertiary alicyclic amines) is 1. The zero-order valence-electron chi connectivity index (χ0n) is 11.9. The van der Waals surface area contributed by atoms with Crippen LogP contribution in [-0.4, -0.2) is 40.6 Å². The van der Waals surface area contributed by atoms with Gasteiger partial charge in [-0.05, 0) is 31.4 Å². The maximum Gasteiger partial charge on any atom is 0.250 e. The number of nitrogens with zero attached hydrogens (tertiary/aromatic N) is 3. The Hall–Kier alpha value is -1.71. The Morgan fingerprint density at radius 1 is 1.26 bits per heavy atom. The lowest BCUT2D eigenvalue weighted by atomic mass is 9.95. The van der Waals surface area contributed by atoms with Crippen molar-refractivity contribution >= 4 is 11.6 Å². The second-order valence-corrected chi connectivity index (χ2v) is 4.78. The van der Waals surface area contributed by atoms with Crippen LogP contribution in [0.2, 0.25) is 0 Å². The van der Waals surface area contributed by atoms with Gasteiger partial charge in [-0.15, -0.1) is 0 Å². The standard InChI is InChI=1S/C13H15N3O.C2H6/c1-16-9-7-13(12(16)17)6-5-11(15-13)10-4-2-3-8-14-10;1-2/h2-4,8H,5-7,9H2,1H3;1-2H3. The number of pyridine rings is 1. The summed E-state index contributed by atoms with van der Waals surface area (Å²) in [6.07, 6.45) is 4.31. The average molecular weight is 259 g/mol. The molecule has 0 aromatic carbocycles. The summed E-state index contributed by atoms with van der Waals surface area (Å²) >= 11 is 0. The van der Waals surface area contributed by atoms with Crippen LogP contribution < -0.4 is 0 Å². The first-order valence-electron chi connectivity index (χ1n) is 6.97. The van der Waals surface area contributed by atoms with Crippen LogP contribution >= 0.6 is 0 Å². The molecule has 0 bridgehead atoms. The topological polar surface area (TPSA) is 45.6 Å². The Kier molecular flexibility index (Phi) is 3.98. The van der Waals surface area contributed by atoms with E-state index in [0.29, 0.717) is 0 Å². The molecule has 0 radical (unpaired) electrons. The fourth-order valence-corrected chi connectivity index (χ4v) is 2.67. The molecule has 0 N–H and O–H groups in total. The van der Waals surface area contributed by atoms with Gasteiger partial charge in [0.05, 0.1) is 11.4 Å². The monoisotopic (exact) mass is 259 g/mol. The Morgan fingerprint density at radius 2 is 2.05 bits per heavy atom. The summed E-state index contributed by atoms with van der Waals surface area (Å²) in [4.78, 5) is 22.9. The average Bonchev–Trinajstić information content (AvgIpc) is 3.03. The van der Waals surface area contributed by atoms with Crippen molar-refractivity contribution in [3.8, 4) is 0 Å². The molecule has 1 aromatic heterocycles. The minimum atomic E-state index is -0.471. The molecule has 1 amide bonds. The highest BCUT2D eigenvalue weighted by Gasteiger charge is 2.48. The maximum atomic E-state index is 12.1. The van der Waals surface area contributed by atoms with E-state index < -0.39 is 5.54 Å². The summed E-state index contributed by atoms with van der Waals surface area (Å²) < 4.78 is 0. The van der Waals surface area contributed by atoms with Gasteiger partial charge in [-0.2, -0.15) is 0 Å². The Balaban J connectivity index is 0.000000637. The molecule has 1 fully saturated rings. The van der Waals surface area contributed by atoms with Crippen LogP contribution in [0.3, 0.4) is 0 Å². The molecule has 0 aliphatic carbocycles. The molecule has 2 aliphatic rings. The number of carbonyl (C=O) groups is 1. The van der Waals surface area contributed by atoms with Gasteiger partial charge in [0.2, 0.25) is 5.91 Å². The van der Waals surface area contributed by atoms with Crippen molar-refractivity contribution in [2.75, 3.05) is 13.6 Å². The SMILES string of the molecule is CC.CN1CCC2(CCC(c3ccccn3)=N2)C1=O. The molecule has 1 unspecified atom stereocenters. The number of carbonyl (C=O) groups excluding carboxylic acids is 1. The Labute approximate surface area is 114 Å². The van der Waals surface area contributed by atoms with E-state index in [1.165, 1.54) is 0 Å². The predicted molar refractivity (Wildman–Crippen MR) is 76.3 cm³/mol. The van der Waals surface area contributed by atoms with Crippen molar-refractivity contribution < 1.29 is 4.79 Å². The van der Waals surface area contributed by atoms with Gasteiger partial charge in [0.1, 0.15) is 5.54 Å². The summed E-state index contributed by atoms with van der Waals surface area (Å²) in [5.41, 5.74) is 1.42. The predicted octanol–water partition coefficient (Wildman–Crippen LogP) is 2.29. The van der Waals surface area contributed by atoms with E-state index in [2.05, 4.69) is 9.98 Å². The molecule has 4 nitrogen and oxygen atoms in total. The van der Waals surface area contributed by atoms with Gasteiger partial charge in [0, 0.05) is 19.8 Å². The summed E-state index contributed by atoms with van der Waals surface area (Å²) in [7, 11) is 1.85. The third kappa shape index (κ3) is 2.39. The van der Waals surface area contributed by atoms with E-state index in [-0.39, 0.29) is 5.91 Å². The first-order valence-corrected chi connectivity index (χ1v) is 6.97. The Morgan fingerprint density at radius 3 is 2.63 bits per heavy atom. The van der Waals surface area contributed by atoms with Crippen molar-refractivity contribution in [1.29, 1.82) is 0 Å². The van der Waals surface area contributed by atoms with Crippen LogP contribution in [0.15, 0.2) is 29.4 Å². The summed E-state index contributed by atoms with van der Waals surface area (Å²) in [6, 6.07) is 5.81. The molecule has 3 heterocycles. The van der Waals surface area contributed by atoms with Gasteiger partial charge in [-0.25, -0.2) is 0 Å². The highest BCUT2D eigenvalue weighted by molar-refractivity contribution is 6.04. The molecule has 2 aliphatic heterocycles. The lowest BCUT2D eigenvalue weighted by molar-refractivity contribution is -0.130. The summed E-state index contributed by atoms with van der Waals surface area (Å²) in [6.45, 7) is 4.82. The van der Waals surface area contributed by atoms with Crippen LogP contribution in [-0.2, 0) is 4.79 Å². The maximum absolute atomic E-state index is 12.1. The molecular formula is C15H21N3O. The number of aliphatic imine (C=N–C) groups is 1. The van der Waals surface area contributed by atoms with Crippen LogP contribution in [0.5, 0.6) is 0 Å². The van der Waals surface area contributed by atoms with Crippen LogP contribution in [0.1, 0.15) is 38.8 Å². The quantitative estimate of drug-likeness (QED) is 0.776. The molecule has 4 heteroatoms. The minimum Gasteiger partial charge on any atom is -0.344 e. The second kappa shape index (κ2) is 5.51. The third-order valence-electron chi connectivity index (χ3n) is 3.69. The van der Waals surface area contributed by atoms with E-state index >= 15 is 0 Å². The van der Waals surface area contributed by atoms with Gasteiger partial charge in [-0.3, -0.25) is 14.8 Å². The van der Waals surface area contributed by atoms with E-state index in [9.17, 15) is 4.79 Å². The van der Waals surface area contributed by atoms with E-state index in [1.807, 2.05) is 39.1 Å². The van der Waals surface area contributed by atoms with Crippen molar-refractivity contribution in [3.05, 3.63) is 30.1 Å². The number of likely N-dealkylation sites (N-methyl/N-ethyl adjacent to an activating group) is 1. The van der Waals surface area contributed by atoms with Crippen LogP contribution in [0.4, 0.5) is 0 Å². The fourth-order valence-electron chi connectivity index (χ4n) is 2.67. The number of aromatic nitrogens is 1. The lowest BCUT2D eigenvalue weighted by Gasteiger charge is -2.16. The van der Waals surface area contributed by atoms with Crippen LogP contribution in [0.25, 0.3) is 0 Å². The third-order valence-corrected chi connectivity index (χ3v) is 3.69. The largest absolute Gasteiger partial charge is 0.344 e. The second-order valence-electron chi connectivity index (χ2n) is 4.78. The summed E-state index contributed by atoms with van der Waals surface area (Å²) in [5, 5.41) is 0. The highest BCUT2D eigenvalue weighted by atomic mass is 16.2. The van der Waals surface area contributed by atoms with Gasteiger partial charge in [0.25, 0.3) is 0 Å².